The number of rotatable bonds is 10. The van der Waals surface area contributed by atoms with Crippen LogP contribution in [0.2, 0.25) is 0 Å². The van der Waals surface area contributed by atoms with E-state index in [1.165, 1.54) is 12.1 Å². The SMILES string of the molecule is C=CC(=O)OCCN(CC)c1ccc(N=Nc2ccc([N+](=O)[O-])cc2C(=O)O)cc1. The van der Waals surface area contributed by atoms with Crippen LogP contribution < -0.4 is 4.90 Å². The van der Waals surface area contributed by atoms with E-state index in [4.69, 9.17) is 4.74 Å². The lowest BCUT2D eigenvalue weighted by atomic mass is 10.1. The number of carbonyl (C=O) groups excluding carboxylic acids is 1. The van der Waals surface area contributed by atoms with Crippen molar-refractivity contribution in [3.63, 3.8) is 0 Å². The first kappa shape index (κ1) is 22.2. The number of non-ortho nitro benzene ring substituents is 1. The van der Waals surface area contributed by atoms with E-state index >= 15 is 0 Å². The molecule has 0 spiro atoms. The first-order chi connectivity index (χ1) is 14.3. The molecule has 2 aromatic carbocycles. The van der Waals surface area contributed by atoms with E-state index in [0.29, 0.717) is 18.8 Å². The Labute approximate surface area is 172 Å². The molecule has 0 heterocycles. The molecule has 0 aliphatic heterocycles. The standard InChI is InChI=1S/C20H20N4O6/c1-3-19(25)30-12-11-23(4-2)15-7-5-14(6-8-15)21-22-18-10-9-16(24(28)29)13-17(18)20(26)27/h3,5-10,13H,1,4,11-12H2,2H3,(H,26,27). The highest BCUT2D eigenvalue weighted by Crippen LogP contribution is 2.27. The minimum Gasteiger partial charge on any atom is -0.478 e. The number of carbonyl (C=O) groups is 2. The number of nitro benzene ring substituents is 1. The molecular formula is C20H20N4O6. The summed E-state index contributed by atoms with van der Waals surface area (Å²) in [5, 5.41) is 28.0. The highest BCUT2D eigenvalue weighted by molar-refractivity contribution is 5.94. The number of likely N-dealkylation sites (N-methyl/N-ethyl adjacent to an activating group) is 1. The first-order valence-corrected chi connectivity index (χ1v) is 8.93. The minimum absolute atomic E-state index is 0.0106. The average Bonchev–Trinajstić information content (AvgIpc) is 2.75. The van der Waals surface area contributed by atoms with Crippen LogP contribution in [0.1, 0.15) is 17.3 Å². The molecule has 0 unspecified atom stereocenters. The molecule has 10 heteroatoms. The van der Waals surface area contributed by atoms with E-state index < -0.39 is 16.9 Å². The number of nitrogens with zero attached hydrogens (tertiary/aromatic N) is 4. The molecule has 0 radical (unpaired) electrons. The smallest absolute Gasteiger partial charge is 0.338 e. The minimum atomic E-state index is -1.33. The normalized spacial score (nSPS) is 10.6. The molecule has 30 heavy (non-hydrogen) atoms. The largest absolute Gasteiger partial charge is 0.478 e. The summed E-state index contributed by atoms with van der Waals surface area (Å²) in [4.78, 5) is 34.6. The molecule has 0 aromatic heterocycles. The maximum Gasteiger partial charge on any atom is 0.338 e. The molecule has 2 rings (SSSR count). The second-order valence-electron chi connectivity index (χ2n) is 5.93. The van der Waals surface area contributed by atoms with Gasteiger partial charge in [-0.25, -0.2) is 9.59 Å². The highest BCUT2D eigenvalue weighted by Gasteiger charge is 2.16. The van der Waals surface area contributed by atoms with E-state index in [-0.39, 0.29) is 23.5 Å². The van der Waals surface area contributed by atoms with Crippen LogP contribution in [0.15, 0.2) is 65.3 Å². The van der Waals surface area contributed by atoms with E-state index in [1.807, 2.05) is 11.8 Å². The van der Waals surface area contributed by atoms with Crippen molar-refractivity contribution in [1.82, 2.24) is 0 Å². The van der Waals surface area contributed by atoms with Crippen LogP contribution in [0.25, 0.3) is 0 Å². The van der Waals surface area contributed by atoms with Crippen molar-refractivity contribution in [2.75, 3.05) is 24.6 Å². The van der Waals surface area contributed by atoms with Crippen molar-refractivity contribution in [1.29, 1.82) is 0 Å². The molecule has 1 N–H and O–H groups in total. The van der Waals surface area contributed by atoms with E-state index in [0.717, 1.165) is 17.8 Å². The van der Waals surface area contributed by atoms with Gasteiger partial charge in [-0.15, -0.1) is 5.11 Å². The fourth-order valence-electron chi connectivity index (χ4n) is 2.52. The second-order valence-corrected chi connectivity index (χ2v) is 5.93. The molecule has 10 nitrogen and oxygen atoms in total. The van der Waals surface area contributed by atoms with Crippen molar-refractivity contribution in [3.05, 3.63) is 70.8 Å². The van der Waals surface area contributed by atoms with Crippen molar-refractivity contribution >= 4 is 34.7 Å². The molecule has 2 aromatic rings. The van der Waals surface area contributed by atoms with Crippen molar-refractivity contribution in [2.45, 2.75) is 6.92 Å². The van der Waals surface area contributed by atoms with E-state index in [9.17, 15) is 24.8 Å². The van der Waals surface area contributed by atoms with Gasteiger partial charge >= 0.3 is 11.9 Å². The number of aromatic carboxylic acids is 1. The van der Waals surface area contributed by atoms with Gasteiger partial charge in [-0.2, -0.15) is 5.11 Å². The summed E-state index contributed by atoms with van der Waals surface area (Å²) in [5.41, 5.74) is 0.719. The van der Waals surface area contributed by atoms with Crippen molar-refractivity contribution < 1.29 is 24.4 Å². The fraction of sp³-hybridized carbons (Fsp3) is 0.200. The van der Waals surface area contributed by atoms with Gasteiger partial charge in [0.1, 0.15) is 12.3 Å². The lowest BCUT2D eigenvalue weighted by Gasteiger charge is -2.22. The zero-order valence-corrected chi connectivity index (χ0v) is 16.2. The topological polar surface area (TPSA) is 135 Å². The number of hydrogen-bond donors (Lipinski definition) is 1. The molecule has 0 atom stereocenters. The average molecular weight is 412 g/mol. The predicted molar refractivity (Wildman–Crippen MR) is 110 cm³/mol. The number of benzene rings is 2. The Kier molecular flexibility index (Phi) is 7.74. The van der Waals surface area contributed by atoms with Crippen LogP contribution in [0.5, 0.6) is 0 Å². The van der Waals surface area contributed by atoms with Gasteiger partial charge in [0.25, 0.3) is 5.69 Å². The Bertz CT molecular complexity index is 972. The maximum atomic E-state index is 11.3. The Morgan fingerprint density at radius 3 is 2.50 bits per heavy atom. The molecule has 0 aliphatic carbocycles. The predicted octanol–water partition coefficient (Wildman–Crippen LogP) is 4.26. The van der Waals surface area contributed by atoms with Crippen LogP contribution in [0.4, 0.5) is 22.7 Å². The molecule has 0 amide bonds. The van der Waals surface area contributed by atoms with Gasteiger partial charge in [0.05, 0.1) is 22.7 Å². The Morgan fingerprint density at radius 2 is 1.93 bits per heavy atom. The number of azo groups is 1. The van der Waals surface area contributed by atoms with Gasteiger partial charge in [0, 0.05) is 30.4 Å². The third-order valence-corrected chi connectivity index (χ3v) is 4.06. The Hall–Kier alpha value is -4.08. The monoisotopic (exact) mass is 412 g/mol. The molecule has 0 saturated heterocycles. The summed E-state index contributed by atoms with van der Waals surface area (Å²) < 4.78 is 4.99. The van der Waals surface area contributed by atoms with Crippen molar-refractivity contribution in [2.24, 2.45) is 10.2 Å². The zero-order valence-electron chi connectivity index (χ0n) is 16.2. The summed E-state index contributed by atoms with van der Waals surface area (Å²) in [6.07, 6.45) is 1.11. The van der Waals surface area contributed by atoms with Gasteiger partial charge in [-0.3, -0.25) is 10.1 Å². The number of ether oxygens (including phenoxy) is 1. The molecule has 0 bridgehead atoms. The van der Waals surface area contributed by atoms with Crippen LogP contribution >= 0.6 is 0 Å². The summed E-state index contributed by atoms with van der Waals surface area (Å²) >= 11 is 0. The highest BCUT2D eigenvalue weighted by atomic mass is 16.6. The fourth-order valence-corrected chi connectivity index (χ4v) is 2.52. The third kappa shape index (κ3) is 5.96. The molecule has 0 fully saturated rings. The lowest BCUT2D eigenvalue weighted by Crippen LogP contribution is -2.27. The summed E-state index contributed by atoms with van der Waals surface area (Å²) in [6.45, 7) is 6.72. The lowest BCUT2D eigenvalue weighted by molar-refractivity contribution is -0.384. The summed E-state index contributed by atoms with van der Waals surface area (Å²) in [6, 6.07) is 10.4. The van der Waals surface area contributed by atoms with Gasteiger partial charge in [0.15, 0.2) is 0 Å². The number of anilines is 1. The molecule has 0 aliphatic rings. The van der Waals surface area contributed by atoms with Gasteiger partial charge in [-0.05, 0) is 37.3 Å². The van der Waals surface area contributed by atoms with Crippen LogP contribution in [0, 0.1) is 10.1 Å². The molecule has 0 saturated carbocycles. The van der Waals surface area contributed by atoms with E-state index in [2.05, 4.69) is 16.8 Å². The first-order valence-electron chi connectivity index (χ1n) is 8.93. The Balaban J connectivity index is 2.12. The van der Waals surface area contributed by atoms with Crippen molar-refractivity contribution in [3.8, 4) is 0 Å². The molecule has 156 valence electrons. The van der Waals surface area contributed by atoms with Gasteiger partial charge in [-0.1, -0.05) is 6.58 Å². The van der Waals surface area contributed by atoms with E-state index in [1.54, 1.807) is 24.3 Å². The maximum absolute atomic E-state index is 11.3. The van der Waals surface area contributed by atoms with Gasteiger partial charge < -0.3 is 14.7 Å². The number of esters is 1. The Morgan fingerprint density at radius 1 is 1.23 bits per heavy atom. The summed E-state index contributed by atoms with van der Waals surface area (Å²) in [7, 11) is 0. The number of hydrogen-bond acceptors (Lipinski definition) is 8. The summed E-state index contributed by atoms with van der Waals surface area (Å²) in [5.74, 6) is -1.81. The zero-order chi connectivity index (χ0) is 22.1. The third-order valence-electron chi connectivity index (χ3n) is 4.06. The van der Waals surface area contributed by atoms with Crippen LogP contribution in [-0.2, 0) is 9.53 Å². The van der Waals surface area contributed by atoms with Gasteiger partial charge in [0.2, 0.25) is 0 Å². The number of carboxylic acids is 1. The van der Waals surface area contributed by atoms with Crippen LogP contribution in [0.3, 0.4) is 0 Å². The molecular weight excluding hydrogens is 392 g/mol. The quantitative estimate of drug-likeness (QED) is 0.202. The second kappa shape index (κ2) is 10.5. The number of nitro groups is 1. The van der Waals surface area contributed by atoms with Crippen LogP contribution in [-0.4, -0.2) is 41.7 Å². The number of carboxylic acid groups (broad SMARTS) is 1.